The van der Waals surface area contributed by atoms with E-state index in [9.17, 15) is 9.59 Å². The van der Waals surface area contributed by atoms with Crippen LogP contribution in [0.4, 0.5) is 0 Å². The molecule has 2 aliphatic heterocycles. The third-order valence-electron chi connectivity index (χ3n) is 11.4. The quantitative estimate of drug-likeness (QED) is 0.290. The van der Waals surface area contributed by atoms with Gasteiger partial charge in [-0.2, -0.15) is 0 Å². The van der Waals surface area contributed by atoms with E-state index in [1.54, 1.807) is 11.3 Å². The summed E-state index contributed by atoms with van der Waals surface area (Å²) in [5, 5.41) is 1.24. The predicted molar refractivity (Wildman–Crippen MR) is 189 cm³/mol. The summed E-state index contributed by atoms with van der Waals surface area (Å²) in [6, 6.07) is 9.09. The van der Waals surface area contributed by atoms with Crippen molar-refractivity contribution in [3.05, 3.63) is 45.8 Å². The van der Waals surface area contributed by atoms with Gasteiger partial charge < -0.3 is 14.8 Å². The maximum Gasteiger partial charge on any atom is 0.256 e. The molecule has 4 aliphatic rings. The van der Waals surface area contributed by atoms with Crippen LogP contribution in [0.2, 0.25) is 0 Å². The van der Waals surface area contributed by atoms with Crippen molar-refractivity contribution in [2.24, 2.45) is 16.8 Å². The van der Waals surface area contributed by atoms with Gasteiger partial charge in [-0.15, -0.1) is 11.3 Å². The van der Waals surface area contributed by atoms with Crippen molar-refractivity contribution in [1.29, 1.82) is 0 Å². The van der Waals surface area contributed by atoms with Crippen LogP contribution in [0, 0.1) is 25.7 Å². The first kappa shape index (κ1) is 31.8. The summed E-state index contributed by atoms with van der Waals surface area (Å²) in [6.07, 6.45) is 6.98. The molecule has 0 spiro atoms. The molecule has 2 unspecified atom stereocenters. The summed E-state index contributed by atoms with van der Waals surface area (Å²) in [7, 11) is 0. The molecule has 1 N–H and O–H groups in total. The number of amides is 2. The number of carbonyl (C=O) groups is 2. The van der Waals surface area contributed by atoms with Gasteiger partial charge in [0.2, 0.25) is 5.91 Å². The summed E-state index contributed by atoms with van der Waals surface area (Å²) < 4.78 is 0. The van der Waals surface area contributed by atoms with Crippen LogP contribution in [-0.4, -0.2) is 89.6 Å². The molecule has 7 nitrogen and oxygen atoms in total. The monoisotopic (exact) mass is 641 g/mol. The average Bonchev–Trinajstić information content (AvgIpc) is 3.77. The highest BCUT2D eigenvalue weighted by Crippen LogP contribution is 2.46. The number of aliphatic imine (C=N–C) groups is 1. The van der Waals surface area contributed by atoms with Crippen LogP contribution in [0.1, 0.15) is 86.8 Å². The zero-order valence-corrected chi connectivity index (χ0v) is 29.3. The molecule has 7 rings (SSSR count). The number of rotatable bonds is 8. The van der Waals surface area contributed by atoms with Gasteiger partial charge in [0.15, 0.2) is 0 Å². The Hall–Kier alpha value is -2.81. The minimum atomic E-state index is -0.664. The van der Waals surface area contributed by atoms with Gasteiger partial charge in [0.25, 0.3) is 5.91 Å². The Morgan fingerprint density at radius 1 is 0.957 bits per heavy atom. The Kier molecular flexibility index (Phi) is 8.75. The van der Waals surface area contributed by atoms with Gasteiger partial charge in [-0.3, -0.25) is 14.5 Å². The normalized spacial score (nSPS) is 24.1. The highest BCUT2D eigenvalue weighted by atomic mass is 32.1. The van der Waals surface area contributed by atoms with Gasteiger partial charge in [-0.25, -0.2) is 4.99 Å². The molecule has 4 fully saturated rings. The summed E-state index contributed by atoms with van der Waals surface area (Å²) in [4.78, 5) is 44.2. The molecule has 0 radical (unpaired) electrons. The number of piperazine rings is 1. The van der Waals surface area contributed by atoms with E-state index < -0.39 is 5.41 Å². The number of nitrogens with one attached hydrogen (secondary N) is 1. The third kappa shape index (κ3) is 6.13. The number of aromatic amines is 1. The van der Waals surface area contributed by atoms with E-state index in [1.165, 1.54) is 52.6 Å². The molecule has 2 aliphatic carbocycles. The number of fused-ring (bicyclic) bond motifs is 2. The zero-order valence-electron chi connectivity index (χ0n) is 28.5. The summed E-state index contributed by atoms with van der Waals surface area (Å²) in [6.45, 7) is 18.0. The SMILES string of the molecule is Cc1cc(C)cc(-c2[nH]c3sc(C(C)(C)C(=O)N=C4CCC5CCC45)cc3c2[C@H](C)CN2CCN(CC(=O)N3CCCC3)CC2)c1. The number of likely N-dealkylation sites (tertiary alicyclic amines) is 1. The predicted octanol–water partition coefficient (Wildman–Crippen LogP) is 6.92. The maximum atomic E-state index is 13.7. The number of H-pyrrole nitrogens is 1. The first-order chi connectivity index (χ1) is 22.1. The molecule has 2 amide bonds. The second kappa shape index (κ2) is 12.7. The van der Waals surface area contributed by atoms with Crippen molar-refractivity contribution in [1.82, 2.24) is 19.7 Å². The Morgan fingerprint density at radius 3 is 2.30 bits per heavy atom. The lowest BCUT2D eigenvalue weighted by atomic mass is 9.76. The smallest absolute Gasteiger partial charge is 0.256 e. The average molecular weight is 642 g/mol. The van der Waals surface area contributed by atoms with E-state index in [0.717, 1.165) is 86.4 Å². The number of hydrogen-bond acceptors (Lipinski definition) is 5. The Labute approximate surface area is 278 Å². The summed E-state index contributed by atoms with van der Waals surface area (Å²) in [5.41, 5.74) is 6.79. The van der Waals surface area contributed by atoms with Crippen molar-refractivity contribution in [2.75, 3.05) is 52.4 Å². The molecule has 8 heteroatoms. The highest BCUT2D eigenvalue weighted by molar-refractivity contribution is 7.19. The number of benzene rings is 1. The summed E-state index contributed by atoms with van der Waals surface area (Å²) in [5.74, 6) is 1.91. The molecule has 3 aromatic rings. The number of carbonyl (C=O) groups excluding carboxylic acids is 2. The van der Waals surface area contributed by atoms with E-state index in [4.69, 9.17) is 4.99 Å². The molecule has 0 bridgehead atoms. The fourth-order valence-corrected chi connectivity index (χ4v) is 9.59. The molecule has 2 saturated carbocycles. The van der Waals surface area contributed by atoms with Crippen molar-refractivity contribution in [3.8, 4) is 11.3 Å². The van der Waals surface area contributed by atoms with Crippen molar-refractivity contribution < 1.29 is 9.59 Å². The maximum absolute atomic E-state index is 13.7. The van der Waals surface area contributed by atoms with Gasteiger partial charge >= 0.3 is 0 Å². The van der Waals surface area contributed by atoms with Crippen LogP contribution in [0.25, 0.3) is 21.5 Å². The molecule has 3 atom stereocenters. The highest BCUT2D eigenvalue weighted by Gasteiger charge is 2.41. The molecular weight excluding hydrogens is 591 g/mol. The Morgan fingerprint density at radius 2 is 1.65 bits per heavy atom. The van der Waals surface area contributed by atoms with Crippen LogP contribution in [0.5, 0.6) is 0 Å². The van der Waals surface area contributed by atoms with E-state index in [2.05, 4.69) is 73.7 Å². The third-order valence-corrected chi connectivity index (χ3v) is 12.7. The van der Waals surface area contributed by atoms with Crippen molar-refractivity contribution in [3.63, 3.8) is 0 Å². The largest absolute Gasteiger partial charge is 0.346 e. The summed E-state index contributed by atoms with van der Waals surface area (Å²) >= 11 is 1.72. The second-order valence-corrected chi connectivity index (χ2v) is 16.3. The van der Waals surface area contributed by atoms with Crippen LogP contribution >= 0.6 is 11.3 Å². The van der Waals surface area contributed by atoms with Gasteiger partial charge in [-0.1, -0.05) is 24.1 Å². The molecule has 2 aromatic heterocycles. The number of thiophene rings is 1. The topological polar surface area (TPSA) is 72.0 Å². The minimum absolute atomic E-state index is 0.00386. The lowest BCUT2D eigenvalue weighted by molar-refractivity contribution is -0.131. The molecule has 246 valence electrons. The van der Waals surface area contributed by atoms with E-state index in [-0.39, 0.29) is 11.8 Å². The van der Waals surface area contributed by atoms with Gasteiger partial charge in [0.05, 0.1) is 17.7 Å². The lowest BCUT2D eigenvalue weighted by Gasteiger charge is -2.36. The zero-order chi connectivity index (χ0) is 32.2. The number of aryl methyl sites for hydroxylation is 2. The fourth-order valence-electron chi connectivity index (χ4n) is 8.42. The van der Waals surface area contributed by atoms with E-state index in [1.807, 2.05) is 4.90 Å². The standard InChI is InChI=1S/C38H51N5O2S/c1-24-18-25(2)20-28(19-24)35-34(26(3)22-41-14-16-42(17-15-41)23-33(44)43-12-6-7-13-43)30-21-32(46-36(30)40-35)38(4,5)37(45)39-31-11-9-27-8-10-29(27)31/h18-21,26-27,29,40H,6-17,22-23H2,1-5H3/t26-,27?,29?/m1/s1. The van der Waals surface area contributed by atoms with E-state index in [0.29, 0.717) is 18.4 Å². The molecular formula is C38H51N5O2S. The fraction of sp³-hybridized carbons (Fsp3) is 0.605. The van der Waals surface area contributed by atoms with Gasteiger partial charge in [0.1, 0.15) is 4.83 Å². The molecule has 46 heavy (non-hydrogen) atoms. The van der Waals surface area contributed by atoms with Gasteiger partial charge in [-0.05, 0) is 107 Å². The number of hydrogen-bond donors (Lipinski definition) is 1. The lowest BCUT2D eigenvalue weighted by Crippen LogP contribution is -2.50. The molecule has 2 saturated heterocycles. The number of aromatic nitrogens is 1. The second-order valence-electron chi connectivity index (χ2n) is 15.2. The van der Waals surface area contributed by atoms with Crippen LogP contribution in [0.3, 0.4) is 0 Å². The van der Waals surface area contributed by atoms with Crippen LogP contribution in [-0.2, 0) is 15.0 Å². The van der Waals surface area contributed by atoms with Crippen molar-refractivity contribution >= 4 is 39.1 Å². The first-order valence-electron chi connectivity index (χ1n) is 17.7. The number of nitrogens with zero attached hydrogens (tertiary/aromatic N) is 4. The van der Waals surface area contributed by atoms with Crippen LogP contribution in [0.15, 0.2) is 29.3 Å². The van der Waals surface area contributed by atoms with E-state index >= 15 is 0 Å². The van der Waals surface area contributed by atoms with Crippen molar-refractivity contribution in [2.45, 2.75) is 84.5 Å². The molecule has 4 heterocycles. The molecule has 1 aromatic carbocycles. The Balaban J connectivity index is 1.12. The first-order valence-corrected chi connectivity index (χ1v) is 18.5. The minimum Gasteiger partial charge on any atom is -0.346 e. The Bertz CT molecular complexity index is 1630. The van der Waals surface area contributed by atoms with Gasteiger partial charge in [0, 0.05) is 67.7 Å². The van der Waals surface area contributed by atoms with Crippen LogP contribution < -0.4 is 0 Å².